The van der Waals surface area contributed by atoms with Crippen molar-refractivity contribution in [2.75, 3.05) is 44.8 Å². The predicted octanol–water partition coefficient (Wildman–Crippen LogP) is 0.338. The minimum atomic E-state index is -3.74. The molecule has 2 saturated heterocycles. The molecular formula is C20H29N3O6S. The number of anilines is 1. The normalized spacial score (nSPS) is 21.6. The Morgan fingerprint density at radius 3 is 2.63 bits per heavy atom. The molecule has 2 aliphatic rings. The Kier molecular flexibility index (Phi) is 7.45. The van der Waals surface area contributed by atoms with Gasteiger partial charge in [-0.25, -0.2) is 8.42 Å². The number of nitrogens with one attached hydrogen (secondary N) is 1. The van der Waals surface area contributed by atoms with Gasteiger partial charge in [0.15, 0.2) is 0 Å². The molecule has 0 spiro atoms. The third-order valence-corrected chi connectivity index (χ3v) is 7.36. The highest BCUT2D eigenvalue weighted by molar-refractivity contribution is 7.89. The van der Waals surface area contributed by atoms with E-state index in [1.54, 1.807) is 17.0 Å². The molecule has 1 aromatic rings. The van der Waals surface area contributed by atoms with Crippen LogP contribution in [0.1, 0.15) is 25.7 Å². The van der Waals surface area contributed by atoms with E-state index in [1.165, 1.54) is 23.5 Å². The molecule has 30 heavy (non-hydrogen) atoms. The van der Waals surface area contributed by atoms with E-state index in [-0.39, 0.29) is 36.4 Å². The first-order valence-corrected chi connectivity index (χ1v) is 11.6. The van der Waals surface area contributed by atoms with Crippen LogP contribution >= 0.6 is 0 Å². The molecule has 1 aromatic carbocycles. The molecule has 2 heterocycles. The van der Waals surface area contributed by atoms with Gasteiger partial charge in [0.1, 0.15) is 0 Å². The maximum atomic E-state index is 13.1. The molecule has 0 aromatic heterocycles. The van der Waals surface area contributed by atoms with Gasteiger partial charge in [-0.3, -0.25) is 9.59 Å². The number of carbonyl (C=O) groups is 2. The van der Waals surface area contributed by atoms with Crippen molar-refractivity contribution in [1.29, 1.82) is 0 Å². The number of sulfonamides is 1. The monoisotopic (exact) mass is 439 g/mol. The van der Waals surface area contributed by atoms with Gasteiger partial charge in [-0.2, -0.15) is 4.31 Å². The first-order chi connectivity index (χ1) is 14.3. The SMILES string of the molecule is COC[C@H](O)CNC(=O)[C@H]1CCCN(S(=O)(=O)c2ccc(N3CCCC3=O)cc2)C1. The Morgan fingerprint density at radius 2 is 2.00 bits per heavy atom. The number of benzene rings is 1. The van der Waals surface area contributed by atoms with Crippen molar-refractivity contribution in [2.24, 2.45) is 5.92 Å². The molecule has 0 unspecified atom stereocenters. The van der Waals surface area contributed by atoms with Gasteiger partial charge >= 0.3 is 0 Å². The summed E-state index contributed by atoms with van der Waals surface area (Å²) in [6.45, 7) is 1.27. The largest absolute Gasteiger partial charge is 0.389 e. The first-order valence-electron chi connectivity index (χ1n) is 10.2. The van der Waals surface area contributed by atoms with Crippen LogP contribution in [-0.4, -0.2) is 75.6 Å². The van der Waals surface area contributed by atoms with E-state index in [0.29, 0.717) is 38.0 Å². The number of aliphatic hydroxyl groups excluding tert-OH is 1. The second-order valence-corrected chi connectivity index (χ2v) is 9.64. The van der Waals surface area contributed by atoms with Gasteiger partial charge in [-0.1, -0.05) is 0 Å². The highest BCUT2D eigenvalue weighted by atomic mass is 32.2. The van der Waals surface area contributed by atoms with Crippen LogP contribution in [0.5, 0.6) is 0 Å². The Bertz CT molecular complexity index is 858. The van der Waals surface area contributed by atoms with Gasteiger partial charge < -0.3 is 20.1 Å². The molecule has 166 valence electrons. The summed E-state index contributed by atoms with van der Waals surface area (Å²) in [5.74, 6) is -0.691. The highest BCUT2D eigenvalue weighted by Gasteiger charge is 2.33. The summed E-state index contributed by atoms with van der Waals surface area (Å²) in [5, 5.41) is 12.3. The minimum Gasteiger partial charge on any atom is -0.389 e. The lowest BCUT2D eigenvalue weighted by Gasteiger charge is -2.31. The molecule has 10 heteroatoms. The minimum absolute atomic E-state index is 0.0473. The number of piperidine rings is 1. The molecule has 2 N–H and O–H groups in total. The van der Waals surface area contributed by atoms with Crippen molar-refractivity contribution in [3.63, 3.8) is 0 Å². The summed E-state index contributed by atoms with van der Waals surface area (Å²) >= 11 is 0. The second kappa shape index (κ2) is 9.86. The number of methoxy groups -OCH3 is 1. The van der Waals surface area contributed by atoms with E-state index in [0.717, 1.165) is 6.42 Å². The second-order valence-electron chi connectivity index (χ2n) is 7.70. The average molecular weight is 440 g/mol. The van der Waals surface area contributed by atoms with E-state index in [2.05, 4.69) is 5.32 Å². The highest BCUT2D eigenvalue weighted by Crippen LogP contribution is 2.27. The van der Waals surface area contributed by atoms with E-state index < -0.39 is 22.0 Å². The van der Waals surface area contributed by atoms with Crippen LogP contribution in [0.2, 0.25) is 0 Å². The molecule has 2 aliphatic heterocycles. The van der Waals surface area contributed by atoms with E-state index in [4.69, 9.17) is 4.74 Å². The fourth-order valence-corrected chi connectivity index (χ4v) is 5.38. The molecule has 0 aliphatic carbocycles. The predicted molar refractivity (Wildman–Crippen MR) is 110 cm³/mol. The van der Waals surface area contributed by atoms with E-state index in [9.17, 15) is 23.1 Å². The van der Waals surface area contributed by atoms with Crippen LogP contribution in [-0.2, 0) is 24.3 Å². The summed E-state index contributed by atoms with van der Waals surface area (Å²) in [5.41, 5.74) is 0.696. The summed E-state index contributed by atoms with van der Waals surface area (Å²) < 4.78 is 32.3. The maximum absolute atomic E-state index is 13.1. The first kappa shape index (κ1) is 22.7. The number of aliphatic hydroxyl groups is 1. The smallest absolute Gasteiger partial charge is 0.243 e. The molecule has 0 bridgehead atoms. The number of hydrogen-bond donors (Lipinski definition) is 2. The third-order valence-electron chi connectivity index (χ3n) is 5.49. The van der Waals surface area contributed by atoms with Crippen LogP contribution in [0.3, 0.4) is 0 Å². The molecule has 0 radical (unpaired) electrons. The molecule has 2 amide bonds. The fourth-order valence-electron chi connectivity index (χ4n) is 3.86. The molecule has 3 rings (SSSR count). The van der Waals surface area contributed by atoms with Gasteiger partial charge in [0.05, 0.1) is 23.5 Å². The molecule has 2 fully saturated rings. The zero-order chi connectivity index (χ0) is 21.7. The van der Waals surface area contributed by atoms with Crippen molar-refractivity contribution in [2.45, 2.75) is 36.7 Å². The number of hydrogen-bond acceptors (Lipinski definition) is 6. The van der Waals surface area contributed by atoms with Crippen molar-refractivity contribution in [3.8, 4) is 0 Å². The fraction of sp³-hybridized carbons (Fsp3) is 0.600. The average Bonchev–Trinajstić information content (AvgIpc) is 3.18. The third kappa shape index (κ3) is 5.18. The Labute approximate surface area is 177 Å². The lowest BCUT2D eigenvalue weighted by atomic mass is 9.99. The summed E-state index contributed by atoms with van der Waals surface area (Å²) in [7, 11) is -2.28. The lowest BCUT2D eigenvalue weighted by Crippen LogP contribution is -2.46. The van der Waals surface area contributed by atoms with Crippen molar-refractivity contribution in [3.05, 3.63) is 24.3 Å². The van der Waals surface area contributed by atoms with Crippen molar-refractivity contribution >= 4 is 27.5 Å². The molecular weight excluding hydrogens is 410 g/mol. The van der Waals surface area contributed by atoms with Crippen LogP contribution in [0.4, 0.5) is 5.69 Å². The van der Waals surface area contributed by atoms with Crippen LogP contribution in [0, 0.1) is 5.92 Å². The lowest BCUT2D eigenvalue weighted by molar-refractivity contribution is -0.126. The van der Waals surface area contributed by atoms with E-state index in [1.807, 2.05) is 0 Å². The quantitative estimate of drug-likeness (QED) is 0.603. The number of amides is 2. The zero-order valence-electron chi connectivity index (χ0n) is 17.1. The summed E-state index contributed by atoms with van der Waals surface area (Å²) in [6.07, 6.45) is 1.69. The Hall–Kier alpha value is -2.01. The van der Waals surface area contributed by atoms with Crippen LogP contribution in [0.15, 0.2) is 29.2 Å². The maximum Gasteiger partial charge on any atom is 0.243 e. The number of nitrogens with zero attached hydrogens (tertiary/aromatic N) is 2. The van der Waals surface area contributed by atoms with Gasteiger partial charge in [-0.15, -0.1) is 0 Å². The molecule has 0 saturated carbocycles. The molecule has 2 atom stereocenters. The Morgan fingerprint density at radius 1 is 1.27 bits per heavy atom. The van der Waals surface area contributed by atoms with Gasteiger partial charge in [-0.05, 0) is 43.5 Å². The number of rotatable bonds is 8. The van der Waals surface area contributed by atoms with Crippen molar-refractivity contribution < 1.29 is 27.9 Å². The van der Waals surface area contributed by atoms with Crippen molar-refractivity contribution in [1.82, 2.24) is 9.62 Å². The van der Waals surface area contributed by atoms with Crippen LogP contribution < -0.4 is 10.2 Å². The zero-order valence-corrected chi connectivity index (χ0v) is 17.9. The van der Waals surface area contributed by atoms with Gasteiger partial charge in [0.2, 0.25) is 21.8 Å². The summed E-state index contributed by atoms with van der Waals surface area (Å²) in [6, 6.07) is 6.34. The Balaban J connectivity index is 1.64. The molecule has 9 nitrogen and oxygen atoms in total. The number of ether oxygens (including phenoxy) is 1. The standard InChI is InChI=1S/C20H29N3O6S/c1-29-14-17(24)12-21-20(26)15-4-2-10-22(13-15)30(27,28)18-8-6-16(7-9-18)23-11-3-5-19(23)25/h6-9,15,17,24H,2-5,10-14H2,1H3,(H,21,26)/t15-,17+/m0/s1. The number of carbonyl (C=O) groups excluding carboxylic acids is 2. The summed E-state index contributed by atoms with van der Waals surface area (Å²) in [4.78, 5) is 26.1. The van der Waals surface area contributed by atoms with Gasteiger partial charge in [0, 0.05) is 45.4 Å². The van der Waals surface area contributed by atoms with Crippen LogP contribution in [0.25, 0.3) is 0 Å². The van der Waals surface area contributed by atoms with Gasteiger partial charge in [0.25, 0.3) is 0 Å². The topological polar surface area (TPSA) is 116 Å². The van der Waals surface area contributed by atoms with E-state index >= 15 is 0 Å².